The van der Waals surface area contributed by atoms with Gasteiger partial charge in [0.1, 0.15) is 10.00 Å². The summed E-state index contributed by atoms with van der Waals surface area (Å²) in [6, 6.07) is 7.73. The molecule has 0 saturated heterocycles. The third-order valence-electron chi connectivity index (χ3n) is 2.33. The summed E-state index contributed by atoms with van der Waals surface area (Å²) in [6.07, 6.45) is 0. The quantitative estimate of drug-likeness (QED) is 0.862. The van der Waals surface area contributed by atoms with Crippen molar-refractivity contribution < 1.29 is 0 Å². The molecular formula is C11H12N4S2. The molecule has 2 N–H and O–H groups in total. The van der Waals surface area contributed by atoms with Crippen molar-refractivity contribution >= 4 is 39.4 Å². The summed E-state index contributed by atoms with van der Waals surface area (Å²) in [7, 11) is 1.93. The molecule has 0 bridgehead atoms. The van der Waals surface area contributed by atoms with Gasteiger partial charge in [-0.2, -0.15) is 0 Å². The van der Waals surface area contributed by atoms with Gasteiger partial charge >= 0.3 is 0 Å². The number of nitrogens with zero attached hydrogens (tertiary/aromatic N) is 3. The van der Waals surface area contributed by atoms with Crippen LogP contribution in [0.25, 0.3) is 0 Å². The molecule has 0 aliphatic heterocycles. The fourth-order valence-corrected chi connectivity index (χ4v) is 2.33. The summed E-state index contributed by atoms with van der Waals surface area (Å²) in [6.45, 7) is 1.93. The average Bonchev–Trinajstić information content (AvgIpc) is 2.75. The molecule has 0 aliphatic carbocycles. The fraction of sp³-hybridized carbons (Fsp3) is 0.182. The van der Waals surface area contributed by atoms with Gasteiger partial charge in [-0.1, -0.05) is 35.7 Å². The predicted molar refractivity (Wildman–Crippen MR) is 75.0 cm³/mol. The van der Waals surface area contributed by atoms with Crippen LogP contribution >= 0.6 is 23.6 Å². The van der Waals surface area contributed by atoms with E-state index in [2.05, 4.69) is 10.2 Å². The van der Waals surface area contributed by atoms with E-state index in [1.807, 2.05) is 43.1 Å². The molecule has 6 heteroatoms. The van der Waals surface area contributed by atoms with Crippen LogP contribution in [0.15, 0.2) is 24.3 Å². The standard InChI is InChI=1S/C11H12N4S2/c1-7-13-14-11(17-7)15(2)9-6-4-3-5-8(9)10(12)16/h3-6H,1-2H3,(H2,12,16). The van der Waals surface area contributed by atoms with E-state index in [1.165, 1.54) is 11.3 Å². The Labute approximate surface area is 109 Å². The number of aryl methyl sites for hydroxylation is 1. The maximum atomic E-state index is 5.71. The summed E-state index contributed by atoms with van der Waals surface area (Å²) >= 11 is 6.57. The SMILES string of the molecule is Cc1nnc(N(C)c2ccccc2C(N)=S)s1. The molecule has 0 radical (unpaired) electrons. The monoisotopic (exact) mass is 264 g/mol. The Balaban J connectivity index is 2.43. The molecule has 0 saturated carbocycles. The minimum Gasteiger partial charge on any atom is -0.389 e. The first kappa shape index (κ1) is 11.9. The lowest BCUT2D eigenvalue weighted by atomic mass is 10.1. The Morgan fingerprint density at radius 2 is 2.06 bits per heavy atom. The van der Waals surface area contributed by atoms with Crippen molar-refractivity contribution in [3.8, 4) is 0 Å². The van der Waals surface area contributed by atoms with E-state index in [1.54, 1.807) is 0 Å². The van der Waals surface area contributed by atoms with Gasteiger partial charge in [-0.05, 0) is 19.1 Å². The van der Waals surface area contributed by atoms with Crippen LogP contribution in [0.5, 0.6) is 0 Å². The van der Waals surface area contributed by atoms with Crippen LogP contribution in [0.1, 0.15) is 10.6 Å². The fourth-order valence-electron chi connectivity index (χ4n) is 1.50. The Morgan fingerprint density at radius 1 is 1.35 bits per heavy atom. The van der Waals surface area contributed by atoms with Crippen molar-refractivity contribution in [2.24, 2.45) is 5.73 Å². The molecule has 0 fully saturated rings. The van der Waals surface area contributed by atoms with E-state index >= 15 is 0 Å². The molecule has 2 aromatic rings. The van der Waals surface area contributed by atoms with Gasteiger partial charge in [0.05, 0.1) is 5.69 Å². The van der Waals surface area contributed by atoms with Crippen molar-refractivity contribution in [3.05, 3.63) is 34.8 Å². The second-order valence-corrected chi connectivity index (χ2v) is 5.14. The van der Waals surface area contributed by atoms with E-state index in [9.17, 15) is 0 Å². The summed E-state index contributed by atoms with van der Waals surface area (Å²) in [4.78, 5) is 2.33. The van der Waals surface area contributed by atoms with Crippen molar-refractivity contribution in [2.75, 3.05) is 11.9 Å². The number of anilines is 2. The average molecular weight is 264 g/mol. The lowest BCUT2D eigenvalue weighted by Crippen LogP contribution is -2.17. The molecule has 4 nitrogen and oxygen atoms in total. The Hall–Kier alpha value is -1.53. The molecule has 88 valence electrons. The van der Waals surface area contributed by atoms with Gasteiger partial charge in [-0.25, -0.2) is 0 Å². The number of thiocarbonyl (C=S) groups is 1. The first-order valence-corrected chi connectivity index (χ1v) is 6.24. The third kappa shape index (κ3) is 2.42. The van der Waals surface area contributed by atoms with Crippen LogP contribution in [-0.4, -0.2) is 22.2 Å². The molecule has 0 aliphatic rings. The maximum Gasteiger partial charge on any atom is 0.212 e. The summed E-state index contributed by atoms with van der Waals surface area (Å²) in [5.74, 6) is 0. The highest BCUT2D eigenvalue weighted by atomic mass is 32.1. The van der Waals surface area contributed by atoms with Gasteiger partial charge in [0.2, 0.25) is 5.13 Å². The second-order valence-electron chi connectivity index (χ2n) is 3.54. The third-order valence-corrected chi connectivity index (χ3v) is 3.47. The number of hydrogen-bond acceptors (Lipinski definition) is 5. The molecule has 0 unspecified atom stereocenters. The Kier molecular flexibility index (Phi) is 3.35. The minimum atomic E-state index is 0.383. The van der Waals surface area contributed by atoms with Crippen LogP contribution in [0.3, 0.4) is 0 Å². The van der Waals surface area contributed by atoms with Crippen LogP contribution in [0.4, 0.5) is 10.8 Å². The molecule has 0 atom stereocenters. The zero-order valence-electron chi connectivity index (χ0n) is 9.54. The summed E-state index contributed by atoms with van der Waals surface area (Å²) < 4.78 is 0. The lowest BCUT2D eigenvalue weighted by Gasteiger charge is -2.18. The summed E-state index contributed by atoms with van der Waals surface area (Å²) in [5, 5.41) is 9.86. The van der Waals surface area contributed by atoms with Crippen LogP contribution in [-0.2, 0) is 0 Å². The smallest absolute Gasteiger partial charge is 0.212 e. The minimum absolute atomic E-state index is 0.383. The maximum absolute atomic E-state index is 5.71. The lowest BCUT2D eigenvalue weighted by molar-refractivity contribution is 1.02. The number of aromatic nitrogens is 2. The van der Waals surface area contributed by atoms with E-state index in [4.69, 9.17) is 18.0 Å². The molecule has 0 spiro atoms. The molecule has 0 amide bonds. The Morgan fingerprint density at radius 3 is 2.65 bits per heavy atom. The van der Waals surface area contributed by atoms with Gasteiger partial charge in [0.15, 0.2) is 0 Å². The zero-order valence-corrected chi connectivity index (χ0v) is 11.2. The first-order chi connectivity index (χ1) is 8.09. The van der Waals surface area contributed by atoms with Crippen LogP contribution in [0.2, 0.25) is 0 Å². The van der Waals surface area contributed by atoms with E-state index in [-0.39, 0.29) is 0 Å². The van der Waals surface area contributed by atoms with Crippen LogP contribution in [0, 0.1) is 6.92 Å². The molecular weight excluding hydrogens is 252 g/mol. The van der Waals surface area contributed by atoms with Crippen molar-refractivity contribution in [2.45, 2.75) is 6.92 Å². The van der Waals surface area contributed by atoms with Crippen LogP contribution < -0.4 is 10.6 Å². The molecule has 1 aromatic heterocycles. The van der Waals surface area contributed by atoms with Gasteiger partial charge in [0.25, 0.3) is 0 Å². The largest absolute Gasteiger partial charge is 0.389 e. The Bertz CT molecular complexity index is 550. The van der Waals surface area contributed by atoms with Gasteiger partial charge < -0.3 is 10.6 Å². The predicted octanol–water partition coefficient (Wildman–Crippen LogP) is 2.25. The normalized spacial score (nSPS) is 10.2. The highest BCUT2D eigenvalue weighted by molar-refractivity contribution is 7.80. The van der Waals surface area contributed by atoms with Gasteiger partial charge in [-0.3, -0.25) is 0 Å². The number of rotatable bonds is 3. The van der Waals surface area contributed by atoms with E-state index < -0.39 is 0 Å². The van der Waals surface area contributed by atoms with Crippen molar-refractivity contribution in [1.29, 1.82) is 0 Å². The highest BCUT2D eigenvalue weighted by Crippen LogP contribution is 2.28. The number of hydrogen-bond donors (Lipinski definition) is 1. The molecule has 1 aromatic carbocycles. The number of para-hydroxylation sites is 1. The van der Waals surface area contributed by atoms with Gasteiger partial charge in [-0.15, -0.1) is 10.2 Å². The second kappa shape index (κ2) is 4.77. The van der Waals surface area contributed by atoms with Crippen molar-refractivity contribution in [1.82, 2.24) is 10.2 Å². The zero-order chi connectivity index (χ0) is 12.4. The van der Waals surface area contributed by atoms with E-state index in [0.717, 1.165) is 21.4 Å². The van der Waals surface area contributed by atoms with Crippen molar-refractivity contribution in [3.63, 3.8) is 0 Å². The molecule has 2 rings (SSSR count). The summed E-state index contributed by atoms with van der Waals surface area (Å²) in [5.41, 5.74) is 7.49. The topological polar surface area (TPSA) is 55.0 Å². The molecule has 17 heavy (non-hydrogen) atoms. The van der Waals surface area contributed by atoms with E-state index in [0.29, 0.717) is 4.99 Å². The molecule has 1 heterocycles. The van der Waals surface area contributed by atoms with Gasteiger partial charge in [0, 0.05) is 12.6 Å². The first-order valence-electron chi connectivity index (χ1n) is 5.02. The highest BCUT2D eigenvalue weighted by Gasteiger charge is 2.13. The number of nitrogens with two attached hydrogens (primary N) is 1. The number of benzene rings is 1.